The Morgan fingerprint density at radius 1 is 0.818 bits per heavy atom. The summed E-state index contributed by atoms with van der Waals surface area (Å²) >= 11 is 0. The number of amides is 2. The molecule has 4 aromatic carbocycles. The Balaban J connectivity index is 1.81. The summed E-state index contributed by atoms with van der Waals surface area (Å²) < 4.78 is 43.2. The van der Waals surface area contributed by atoms with Gasteiger partial charge >= 0.3 is 0 Å². The van der Waals surface area contributed by atoms with E-state index in [1.54, 1.807) is 50.2 Å². The first-order valence-corrected chi connectivity index (χ1v) is 16.0. The van der Waals surface area contributed by atoms with Gasteiger partial charge in [0.25, 0.3) is 10.0 Å². The molecular weight excluding hydrogens is 577 g/mol. The van der Waals surface area contributed by atoms with Crippen molar-refractivity contribution >= 4 is 27.5 Å². The van der Waals surface area contributed by atoms with Gasteiger partial charge in [-0.05, 0) is 74.7 Å². The minimum Gasteiger partial charge on any atom is -0.355 e. The van der Waals surface area contributed by atoms with Gasteiger partial charge in [0.05, 0.1) is 10.6 Å². The average molecular weight is 616 g/mol. The highest BCUT2D eigenvalue weighted by Gasteiger charge is 2.35. The van der Waals surface area contributed by atoms with Crippen LogP contribution in [0.5, 0.6) is 0 Å². The molecule has 4 rings (SSSR count). The number of anilines is 1. The summed E-state index contributed by atoms with van der Waals surface area (Å²) in [6, 6.07) is 25.9. The first kappa shape index (κ1) is 32.4. The van der Waals surface area contributed by atoms with Crippen molar-refractivity contribution in [3.63, 3.8) is 0 Å². The molecule has 0 aliphatic carbocycles. The molecule has 0 unspecified atom stereocenters. The second-order valence-corrected chi connectivity index (χ2v) is 12.7. The van der Waals surface area contributed by atoms with Crippen LogP contribution in [-0.2, 0) is 32.6 Å². The molecule has 0 radical (unpaired) electrons. The minimum atomic E-state index is -4.19. The van der Waals surface area contributed by atoms with Crippen LogP contribution in [0.15, 0.2) is 102 Å². The fourth-order valence-corrected chi connectivity index (χ4v) is 6.55. The average Bonchev–Trinajstić information content (AvgIpc) is 2.99. The number of aryl methyl sites for hydroxylation is 3. The second kappa shape index (κ2) is 14.3. The molecule has 0 bridgehead atoms. The van der Waals surface area contributed by atoms with Crippen LogP contribution in [0.3, 0.4) is 0 Å². The van der Waals surface area contributed by atoms with Gasteiger partial charge < -0.3 is 10.2 Å². The zero-order valence-electron chi connectivity index (χ0n) is 25.5. The van der Waals surface area contributed by atoms with Crippen LogP contribution >= 0.6 is 0 Å². The summed E-state index contributed by atoms with van der Waals surface area (Å²) in [5, 5.41) is 2.83. The number of hydrogen-bond acceptors (Lipinski definition) is 4. The molecule has 2 amide bonds. The van der Waals surface area contributed by atoms with Gasteiger partial charge in [0.15, 0.2) is 0 Å². The first-order chi connectivity index (χ1) is 21.0. The van der Waals surface area contributed by atoms with Gasteiger partial charge in [-0.3, -0.25) is 13.9 Å². The van der Waals surface area contributed by atoms with Crippen molar-refractivity contribution in [3.8, 4) is 0 Å². The van der Waals surface area contributed by atoms with E-state index in [4.69, 9.17) is 0 Å². The minimum absolute atomic E-state index is 0.0287. The molecule has 0 fully saturated rings. The molecule has 0 aromatic heterocycles. The van der Waals surface area contributed by atoms with E-state index >= 15 is 0 Å². The van der Waals surface area contributed by atoms with Gasteiger partial charge in [0.1, 0.15) is 18.4 Å². The number of carbonyl (C=O) groups excluding carboxylic acids is 2. The number of benzene rings is 4. The van der Waals surface area contributed by atoms with Gasteiger partial charge in [-0.2, -0.15) is 0 Å². The standard InChI is InChI=1S/C35H38FN3O4S/c1-5-37-35(41)33(22-28-9-7-6-8-10-28)38(23-29-14-16-30(36)17-15-29)34(40)24-39(32-20-13-26(3)21-27(32)4)44(42,43)31-18-11-25(2)12-19-31/h6-21,33H,5,22-24H2,1-4H3,(H,37,41)/t33-/m1/s1. The maximum Gasteiger partial charge on any atom is 0.264 e. The van der Waals surface area contributed by atoms with Crippen molar-refractivity contribution in [2.75, 3.05) is 17.4 Å². The molecule has 0 aliphatic rings. The van der Waals surface area contributed by atoms with E-state index in [1.807, 2.05) is 50.2 Å². The fourth-order valence-electron chi connectivity index (χ4n) is 5.07. The summed E-state index contributed by atoms with van der Waals surface area (Å²) in [5.41, 5.74) is 4.32. The van der Waals surface area contributed by atoms with Crippen LogP contribution in [0.1, 0.15) is 34.7 Å². The maximum absolute atomic E-state index is 14.4. The van der Waals surface area contributed by atoms with Crippen molar-refractivity contribution in [2.24, 2.45) is 0 Å². The molecular formula is C35H38FN3O4S. The Labute approximate surface area is 259 Å². The summed E-state index contributed by atoms with van der Waals surface area (Å²) in [5.74, 6) is -1.37. The molecule has 4 aromatic rings. The van der Waals surface area contributed by atoms with E-state index in [9.17, 15) is 22.4 Å². The first-order valence-electron chi connectivity index (χ1n) is 14.5. The fraction of sp³-hybridized carbons (Fsp3) is 0.257. The number of rotatable bonds is 12. The number of nitrogens with zero attached hydrogens (tertiary/aromatic N) is 2. The lowest BCUT2D eigenvalue weighted by Crippen LogP contribution is -2.53. The number of sulfonamides is 1. The van der Waals surface area contributed by atoms with Crippen LogP contribution < -0.4 is 9.62 Å². The zero-order valence-corrected chi connectivity index (χ0v) is 26.3. The SMILES string of the molecule is CCNC(=O)[C@@H](Cc1ccccc1)N(Cc1ccc(F)cc1)C(=O)CN(c1ccc(C)cc1C)S(=O)(=O)c1ccc(C)cc1. The lowest BCUT2D eigenvalue weighted by atomic mass is 10.0. The Bertz CT molecular complexity index is 1690. The summed E-state index contributed by atoms with van der Waals surface area (Å²) in [6.07, 6.45) is 0.202. The smallest absolute Gasteiger partial charge is 0.264 e. The maximum atomic E-state index is 14.4. The third kappa shape index (κ3) is 7.90. The Morgan fingerprint density at radius 3 is 2.07 bits per heavy atom. The van der Waals surface area contributed by atoms with Gasteiger partial charge in [-0.25, -0.2) is 12.8 Å². The van der Waals surface area contributed by atoms with Crippen LogP contribution in [0.25, 0.3) is 0 Å². The largest absolute Gasteiger partial charge is 0.355 e. The summed E-state index contributed by atoms with van der Waals surface area (Å²) in [6.45, 7) is 7.13. The predicted molar refractivity (Wildman–Crippen MR) is 171 cm³/mol. The molecule has 1 atom stereocenters. The molecule has 0 spiro atoms. The van der Waals surface area contributed by atoms with Gasteiger partial charge in [0, 0.05) is 19.5 Å². The van der Waals surface area contributed by atoms with Crippen molar-refractivity contribution in [1.29, 1.82) is 0 Å². The topological polar surface area (TPSA) is 86.8 Å². The third-order valence-electron chi connectivity index (χ3n) is 7.40. The molecule has 1 N–H and O–H groups in total. The van der Waals surface area contributed by atoms with Crippen molar-refractivity contribution in [2.45, 2.75) is 51.6 Å². The molecule has 230 valence electrons. The Kier molecular flexibility index (Phi) is 10.5. The van der Waals surface area contributed by atoms with Crippen molar-refractivity contribution in [3.05, 3.63) is 131 Å². The van der Waals surface area contributed by atoms with Crippen LogP contribution in [0.4, 0.5) is 10.1 Å². The van der Waals surface area contributed by atoms with Crippen LogP contribution in [0.2, 0.25) is 0 Å². The van der Waals surface area contributed by atoms with Crippen LogP contribution in [0, 0.1) is 26.6 Å². The highest BCUT2D eigenvalue weighted by atomic mass is 32.2. The van der Waals surface area contributed by atoms with E-state index in [2.05, 4.69) is 5.32 Å². The highest BCUT2D eigenvalue weighted by Crippen LogP contribution is 2.29. The van der Waals surface area contributed by atoms with Gasteiger partial charge in [-0.1, -0.05) is 77.9 Å². The molecule has 7 nitrogen and oxygen atoms in total. The van der Waals surface area contributed by atoms with E-state index in [-0.39, 0.29) is 23.8 Å². The van der Waals surface area contributed by atoms with Crippen molar-refractivity contribution < 1.29 is 22.4 Å². The lowest BCUT2D eigenvalue weighted by molar-refractivity contribution is -0.140. The monoisotopic (exact) mass is 615 g/mol. The van der Waals surface area contributed by atoms with Gasteiger partial charge in [-0.15, -0.1) is 0 Å². The molecule has 0 saturated heterocycles. The normalized spacial score (nSPS) is 11.9. The molecule has 0 heterocycles. The zero-order chi connectivity index (χ0) is 31.9. The molecule has 0 saturated carbocycles. The van der Waals surface area contributed by atoms with E-state index in [1.165, 1.54) is 29.2 Å². The summed E-state index contributed by atoms with van der Waals surface area (Å²) in [7, 11) is -4.19. The molecule has 9 heteroatoms. The van der Waals surface area contributed by atoms with E-state index in [0.717, 1.165) is 21.0 Å². The number of nitrogens with one attached hydrogen (secondary N) is 1. The van der Waals surface area contributed by atoms with Crippen molar-refractivity contribution in [1.82, 2.24) is 10.2 Å². The highest BCUT2D eigenvalue weighted by molar-refractivity contribution is 7.92. The van der Waals surface area contributed by atoms with Gasteiger partial charge in [0.2, 0.25) is 11.8 Å². The van der Waals surface area contributed by atoms with Crippen LogP contribution in [-0.4, -0.2) is 44.3 Å². The number of halogens is 1. The predicted octanol–water partition coefficient (Wildman–Crippen LogP) is 5.72. The third-order valence-corrected chi connectivity index (χ3v) is 9.17. The second-order valence-electron chi connectivity index (χ2n) is 10.9. The number of likely N-dealkylation sites (N-methyl/N-ethyl adjacent to an activating group) is 1. The number of hydrogen-bond donors (Lipinski definition) is 1. The Morgan fingerprint density at radius 2 is 1.45 bits per heavy atom. The van der Waals surface area contributed by atoms with E-state index < -0.39 is 34.3 Å². The quantitative estimate of drug-likeness (QED) is 0.221. The molecule has 0 aliphatic heterocycles. The molecule has 44 heavy (non-hydrogen) atoms. The number of carbonyl (C=O) groups is 2. The lowest BCUT2D eigenvalue weighted by Gasteiger charge is -2.34. The summed E-state index contributed by atoms with van der Waals surface area (Å²) in [4.78, 5) is 29.4. The van der Waals surface area contributed by atoms with E-state index in [0.29, 0.717) is 23.4 Å². The Hall–Kier alpha value is -4.50.